The highest BCUT2D eigenvalue weighted by atomic mass is 16.4. The minimum absolute atomic E-state index is 0.00438. The van der Waals surface area contributed by atoms with Gasteiger partial charge in [0.05, 0.1) is 6.42 Å². The summed E-state index contributed by atoms with van der Waals surface area (Å²) in [7, 11) is 1.72. The molecule has 1 atom stereocenters. The number of carboxylic acid groups (broad SMARTS) is 1. The Labute approximate surface area is 118 Å². The molecule has 0 aromatic heterocycles. The summed E-state index contributed by atoms with van der Waals surface area (Å²) < 4.78 is 0. The number of carbonyl (C=O) groups is 2. The molecule has 1 fully saturated rings. The van der Waals surface area contributed by atoms with E-state index in [1.165, 1.54) is 0 Å². The molecule has 108 valence electrons. The van der Waals surface area contributed by atoms with Crippen LogP contribution in [-0.4, -0.2) is 35.1 Å². The summed E-state index contributed by atoms with van der Waals surface area (Å²) in [4.78, 5) is 24.5. The first-order valence-corrected chi connectivity index (χ1v) is 6.83. The fourth-order valence-electron chi connectivity index (χ4n) is 2.22. The molecular weight excluding hydrogens is 256 g/mol. The highest BCUT2D eigenvalue weighted by Gasteiger charge is 2.34. The molecule has 1 aromatic carbocycles. The normalized spacial score (nSPS) is 15.4. The van der Waals surface area contributed by atoms with E-state index in [2.05, 4.69) is 5.32 Å². The second-order valence-electron chi connectivity index (χ2n) is 5.33. The molecule has 2 N–H and O–H groups in total. The summed E-state index contributed by atoms with van der Waals surface area (Å²) in [6.07, 6.45) is 2.00. The molecule has 0 aliphatic heterocycles. The van der Waals surface area contributed by atoms with Gasteiger partial charge in [0.15, 0.2) is 0 Å². The van der Waals surface area contributed by atoms with Crippen LogP contribution in [0.4, 0.5) is 4.79 Å². The zero-order chi connectivity index (χ0) is 14.5. The highest BCUT2D eigenvalue weighted by Crippen LogP contribution is 2.34. The van der Waals surface area contributed by atoms with Crippen LogP contribution < -0.4 is 5.32 Å². The number of rotatable bonds is 6. The van der Waals surface area contributed by atoms with Crippen LogP contribution in [0, 0.1) is 5.92 Å². The number of amides is 2. The molecule has 0 radical (unpaired) electrons. The van der Waals surface area contributed by atoms with Crippen molar-refractivity contribution in [2.24, 2.45) is 5.92 Å². The predicted molar refractivity (Wildman–Crippen MR) is 75.2 cm³/mol. The lowest BCUT2D eigenvalue weighted by atomic mass is 10.1. The number of nitrogens with zero attached hydrogens (tertiary/aromatic N) is 1. The summed E-state index contributed by atoms with van der Waals surface area (Å²) in [5.41, 5.74) is 1.05. The topological polar surface area (TPSA) is 69.6 Å². The number of hydrogen-bond acceptors (Lipinski definition) is 2. The summed E-state index contributed by atoms with van der Waals surface area (Å²) in [6.45, 7) is 0.511. The molecule has 20 heavy (non-hydrogen) atoms. The largest absolute Gasteiger partial charge is 0.481 e. The highest BCUT2D eigenvalue weighted by molar-refractivity contribution is 5.75. The average molecular weight is 276 g/mol. The Kier molecular flexibility index (Phi) is 4.61. The third-order valence-electron chi connectivity index (χ3n) is 3.50. The van der Waals surface area contributed by atoms with E-state index in [1.54, 1.807) is 11.9 Å². The minimum atomic E-state index is -0.868. The lowest BCUT2D eigenvalue weighted by Gasteiger charge is -2.22. The molecule has 0 spiro atoms. The molecule has 0 heterocycles. The van der Waals surface area contributed by atoms with Gasteiger partial charge in [0, 0.05) is 19.6 Å². The smallest absolute Gasteiger partial charge is 0.317 e. The van der Waals surface area contributed by atoms with Crippen molar-refractivity contribution in [1.29, 1.82) is 0 Å². The van der Waals surface area contributed by atoms with Gasteiger partial charge in [0.2, 0.25) is 0 Å². The molecule has 1 aliphatic rings. The van der Waals surface area contributed by atoms with Crippen molar-refractivity contribution < 1.29 is 14.7 Å². The van der Waals surface area contributed by atoms with E-state index in [-0.39, 0.29) is 18.5 Å². The van der Waals surface area contributed by atoms with Crippen molar-refractivity contribution >= 4 is 12.0 Å². The number of nitrogens with one attached hydrogen (secondary N) is 1. The number of carbonyl (C=O) groups excluding carboxylic acids is 1. The van der Waals surface area contributed by atoms with Crippen molar-refractivity contribution in [3.63, 3.8) is 0 Å². The number of hydrogen-bond donors (Lipinski definition) is 2. The Morgan fingerprint density at radius 1 is 1.35 bits per heavy atom. The van der Waals surface area contributed by atoms with Crippen LogP contribution in [0.25, 0.3) is 0 Å². The van der Waals surface area contributed by atoms with Crippen LogP contribution in [-0.2, 0) is 11.3 Å². The first-order chi connectivity index (χ1) is 9.56. The summed E-state index contributed by atoms with van der Waals surface area (Å²) in [5.74, 6) is -0.548. The Morgan fingerprint density at radius 3 is 2.55 bits per heavy atom. The second-order valence-corrected chi connectivity index (χ2v) is 5.33. The van der Waals surface area contributed by atoms with Gasteiger partial charge in [0.25, 0.3) is 0 Å². The van der Waals surface area contributed by atoms with E-state index >= 15 is 0 Å². The van der Waals surface area contributed by atoms with Crippen molar-refractivity contribution in [3.05, 3.63) is 35.9 Å². The van der Waals surface area contributed by atoms with Crippen LogP contribution in [0.2, 0.25) is 0 Å². The first kappa shape index (κ1) is 14.4. The van der Waals surface area contributed by atoms with Gasteiger partial charge in [-0.25, -0.2) is 4.79 Å². The number of carboxylic acids is 1. The molecule has 2 rings (SSSR count). The lowest BCUT2D eigenvalue weighted by Crippen LogP contribution is -2.44. The van der Waals surface area contributed by atoms with E-state index < -0.39 is 5.97 Å². The Bertz CT molecular complexity index is 471. The first-order valence-electron chi connectivity index (χ1n) is 6.83. The van der Waals surface area contributed by atoms with Gasteiger partial charge in [-0.15, -0.1) is 0 Å². The van der Waals surface area contributed by atoms with Crippen LogP contribution in [0.15, 0.2) is 30.3 Å². The van der Waals surface area contributed by atoms with Crippen molar-refractivity contribution in [3.8, 4) is 0 Å². The predicted octanol–water partition coefficient (Wildman–Crippen LogP) is 2.08. The third-order valence-corrected chi connectivity index (χ3v) is 3.50. The Balaban J connectivity index is 1.87. The van der Waals surface area contributed by atoms with Gasteiger partial charge in [-0.2, -0.15) is 0 Å². The van der Waals surface area contributed by atoms with Crippen molar-refractivity contribution in [2.45, 2.75) is 31.8 Å². The molecular formula is C15H20N2O3. The van der Waals surface area contributed by atoms with Crippen molar-refractivity contribution in [1.82, 2.24) is 10.2 Å². The molecule has 5 heteroatoms. The standard InChI is InChI=1S/C15H20N2O3/c1-17(10-11-5-3-2-4-6-11)15(20)16-13(9-14(18)19)12-7-8-12/h2-6,12-13H,7-10H2,1H3,(H,16,20)(H,18,19). The van der Waals surface area contributed by atoms with Crippen molar-refractivity contribution in [2.75, 3.05) is 7.05 Å². The molecule has 0 saturated heterocycles. The molecule has 1 unspecified atom stereocenters. The summed E-state index contributed by atoms with van der Waals surface area (Å²) >= 11 is 0. The van der Waals surface area contributed by atoms with Crippen LogP contribution in [0.5, 0.6) is 0 Å². The van der Waals surface area contributed by atoms with Crippen LogP contribution in [0.1, 0.15) is 24.8 Å². The molecule has 1 saturated carbocycles. The van der Waals surface area contributed by atoms with E-state index in [4.69, 9.17) is 5.11 Å². The fourth-order valence-corrected chi connectivity index (χ4v) is 2.22. The van der Waals surface area contributed by atoms with Gasteiger partial charge in [-0.3, -0.25) is 4.79 Å². The van der Waals surface area contributed by atoms with Crippen LogP contribution in [0.3, 0.4) is 0 Å². The van der Waals surface area contributed by atoms with Gasteiger partial charge in [-0.05, 0) is 24.3 Å². The van der Waals surface area contributed by atoms with E-state index in [9.17, 15) is 9.59 Å². The maximum atomic E-state index is 12.1. The quantitative estimate of drug-likeness (QED) is 0.835. The molecule has 1 aromatic rings. The van der Waals surface area contributed by atoms with Gasteiger partial charge in [0.1, 0.15) is 0 Å². The third kappa shape index (κ3) is 4.26. The van der Waals surface area contributed by atoms with Gasteiger partial charge >= 0.3 is 12.0 Å². The zero-order valence-corrected chi connectivity index (χ0v) is 11.6. The maximum absolute atomic E-state index is 12.1. The maximum Gasteiger partial charge on any atom is 0.317 e. The molecule has 5 nitrogen and oxygen atoms in total. The molecule has 1 aliphatic carbocycles. The van der Waals surface area contributed by atoms with E-state index in [1.807, 2.05) is 30.3 Å². The average Bonchev–Trinajstić information content (AvgIpc) is 3.22. The second kappa shape index (κ2) is 6.41. The van der Waals surface area contributed by atoms with Crippen LogP contribution >= 0.6 is 0 Å². The SMILES string of the molecule is CN(Cc1ccccc1)C(=O)NC(CC(=O)O)C1CC1. The number of benzene rings is 1. The van der Waals surface area contributed by atoms with Gasteiger partial charge in [-0.1, -0.05) is 30.3 Å². The Hall–Kier alpha value is -2.04. The lowest BCUT2D eigenvalue weighted by molar-refractivity contribution is -0.137. The summed E-state index contributed by atoms with van der Waals surface area (Å²) in [5, 5.41) is 11.7. The fraction of sp³-hybridized carbons (Fsp3) is 0.467. The number of urea groups is 1. The summed E-state index contributed by atoms with van der Waals surface area (Å²) in [6, 6.07) is 9.24. The number of aliphatic carboxylic acids is 1. The van der Waals surface area contributed by atoms with E-state index in [0.717, 1.165) is 18.4 Å². The monoisotopic (exact) mass is 276 g/mol. The van der Waals surface area contributed by atoms with Gasteiger partial charge < -0.3 is 15.3 Å². The van der Waals surface area contributed by atoms with E-state index in [0.29, 0.717) is 12.5 Å². The molecule has 0 bridgehead atoms. The zero-order valence-electron chi connectivity index (χ0n) is 11.6. The Morgan fingerprint density at radius 2 is 2.00 bits per heavy atom. The minimum Gasteiger partial charge on any atom is -0.481 e. The molecule has 2 amide bonds.